The van der Waals surface area contributed by atoms with Crippen LogP contribution in [0.5, 0.6) is 5.75 Å². The van der Waals surface area contributed by atoms with Crippen molar-refractivity contribution < 1.29 is 22.3 Å². The highest BCUT2D eigenvalue weighted by Crippen LogP contribution is 2.41. The Bertz CT molecular complexity index is 689. The van der Waals surface area contributed by atoms with E-state index in [1.165, 1.54) is 25.0 Å². The molecular formula is C26H38F4O. The van der Waals surface area contributed by atoms with Gasteiger partial charge in [-0.15, -0.1) is 0 Å². The first-order chi connectivity index (χ1) is 14.8. The summed E-state index contributed by atoms with van der Waals surface area (Å²) >= 11 is 0. The van der Waals surface area contributed by atoms with E-state index in [4.69, 9.17) is 4.74 Å². The van der Waals surface area contributed by atoms with Crippen molar-refractivity contribution in [3.05, 3.63) is 29.3 Å². The standard InChI is InChI=1S/C26H38F4O/c1-3-5-19-6-8-20(9-7-19)16-17-26(29,30)31-23-15-14-22(24(27)25(23)28)21-12-10-18(4-2)11-13-21/h14-15,18-21H,3-13,16-17H2,1-2H3. The molecule has 1 aromatic rings. The Balaban J connectivity index is 1.54. The number of hydrogen-bond donors (Lipinski definition) is 0. The van der Waals surface area contributed by atoms with Crippen LogP contribution >= 0.6 is 0 Å². The molecular weight excluding hydrogens is 404 g/mol. The maximum Gasteiger partial charge on any atom is 0.397 e. The fraction of sp³-hybridized carbons (Fsp3) is 0.769. The topological polar surface area (TPSA) is 9.23 Å². The minimum Gasteiger partial charge on any atom is -0.429 e. The van der Waals surface area contributed by atoms with Crippen LogP contribution in [0.15, 0.2) is 12.1 Å². The molecule has 0 aliphatic heterocycles. The smallest absolute Gasteiger partial charge is 0.397 e. The van der Waals surface area contributed by atoms with Gasteiger partial charge in [0.2, 0.25) is 5.82 Å². The summed E-state index contributed by atoms with van der Waals surface area (Å²) in [6.45, 7) is 4.32. The molecule has 0 bridgehead atoms. The van der Waals surface area contributed by atoms with Gasteiger partial charge in [0.1, 0.15) is 0 Å². The zero-order valence-electron chi connectivity index (χ0n) is 19.1. The van der Waals surface area contributed by atoms with Crippen LogP contribution in [0.25, 0.3) is 0 Å². The summed E-state index contributed by atoms with van der Waals surface area (Å²) in [5.74, 6) is -1.39. The third kappa shape index (κ3) is 6.61. The third-order valence-electron chi connectivity index (χ3n) is 7.71. The number of ether oxygens (including phenoxy) is 1. The van der Waals surface area contributed by atoms with Gasteiger partial charge in [0, 0.05) is 0 Å². The van der Waals surface area contributed by atoms with Crippen LogP contribution in [0.4, 0.5) is 17.6 Å². The van der Waals surface area contributed by atoms with Gasteiger partial charge in [-0.2, -0.15) is 13.2 Å². The van der Waals surface area contributed by atoms with Crippen LogP contribution in [0.3, 0.4) is 0 Å². The Morgan fingerprint density at radius 1 is 0.806 bits per heavy atom. The van der Waals surface area contributed by atoms with E-state index in [0.29, 0.717) is 17.9 Å². The van der Waals surface area contributed by atoms with Crippen LogP contribution in [0.2, 0.25) is 0 Å². The molecule has 176 valence electrons. The molecule has 0 unspecified atom stereocenters. The lowest BCUT2D eigenvalue weighted by Crippen LogP contribution is -2.27. The Morgan fingerprint density at radius 3 is 1.97 bits per heavy atom. The Hall–Kier alpha value is -1.26. The highest BCUT2D eigenvalue weighted by molar-refractivity contribution is 5.33. The van der Waals surface area contributed by atoms with E-state index in [0.717, 1.165) is 63.7 Å². The van der Waals surface area contributed by atoms with Gasteiger partial charge in [-0.1, -0.05) is 64.9 Å². The van der Waals surface area contributed by atoms with Crippen molar-refractivity contribution in [2.24, 2.45) is 17.8 Å². The fourth-order valence-corrected chi connectivity index (χ4v) is 5.62. The van der Waals surface area contributed by atoms with E-state index in [9.17, 15) is 17.6 Å². The maximum atomic E-state index is 14.7. The predicted octanol–water partition coefficient (Wildman–Crippen LogP) is 9.01. The normalized spacial score (nSPS) is 27.3. The molecule has 0 atom stereocenters. The van der Waals surface area contributed by atoms with Crippen LogP contribution in [-0.2, 0) is 0 Å². The fourth-order valence-electron chi connectivity index (χ4n) is 5.62. The third-order valence-corrected chi connectivity index (χ3v) is 7.71. The van der Waals surface area contributed by atoms with Crippen LogP contribution in [0, 0.1) is 29.4 Å². The molecule has 2 aliphatic rings. The summed E-state index contributed by atoms with van der Waals surface area (Å²) in [6, 6.07) is 2.62. The van der Waals surface area contributed by atoms with Crippen molar-refractivity contribution in [3.8, 4) is 5.75 Å². The highest BCUT2D eigenvalue weighted by Gasteiger charge is 2.35. The zero-order valence-corrected chi connectivity index (χ0v) is 19.1. The molecule has 31 heavy (non-hydrogen) atoms. The first-order valence-electron chi connectivity index (χ1n) is 12.4. The summed E-state index contributed by atoms with van der Waals surface area (Å²) < 4.78 is 62.7. The van der Waals surface area contributed by atoms with Crippen molar-refractivity contribution in [1.82, 2.24) is 0 Å². The minimum atomic E-state index is -3.49. The molecule has 3 rings (SSSR count). The van der Waals surface area contributed by atoms with Crippen molar-refractivity contribution in [2.75, 3.05) is 0 Å². The van der Waals surface area contributed by atoms with Gasteiger partial charge in [0.15, 0.2) is 11.6 Å². The average molecular weight is 443 g/mol. The first kappa shape index (κ1) is 24.4. The molecule has 2 fully saturated rings. The van der Waals surface area contributed by atoms with Crippen molar-refractivity contribution >= 4 is 0 Å². The Labute approximate surface area is 184 Å². The monoisotopic (exact) mass is 442 g/mol. The van der Waals surface area contributed by atoms with Gasteiger partial charge < -0.3 is 4.74 Å². The molecule has 1 aromatic carbocycles. The summed E-state index contributed by atoms with van der Waals surface area (Å²) in [4.78, 5) is 0. The molecule has 0 aromatic heterocycles. The van der Waals surface area contributed by atoms with Gasteiger partial charge in [-0.25, -0.2) is 4.39 Å². The second-order valence-corrected chi connectivity index (χ2v) is 9.86. The molecule has 0 amide bonds. The second-order valence-electron chi connectivity index (χ2n) is 9.86. The van der Waals surface area contributed by atoms with Crippen molar-refractivity contribution in [3.63, 3.8) is 0 Å². The van der Waals surface area contributed by atoms with Gasteiger partial charge in [0.25, 0.3) is 0 Å². The molecule has 0 radical (unpaired) electrons. The summed E-state index contributed by atoms with van der Waals surface area (Å²) in [6.07, 6.45) is 7.66. The molecule has 0 N–H and O–H groups in total. The number of benzene rings is 1. The van der Waals surface area contributed by atoms with Gasteiger partial charge in [0.05, 0.1) is 6.42 Å². The predicted molar refractivity (Wildman–Crippen MR) is 117 cm³/mol. The van der Waals surface area contributed by atoms with E-state index in [1.807, 2.05) is 0 Å². The molecule has 0 spiro atoms. The van der Waals surface area contributed by atoms with E-state index < -0.39 is 29.9 Å². The number of alkyl halides is 2. The van der Waals surface area contributed by atoms with Gasteiger partial charge >= 0.3 is 6.11 Å². The Kier molecular flexibility index (Phi) is 8.69. The van der Waals surface area contributed by atoms with E-state index in [2.05, 4.69) is 13.8 Å². The maximum absolute atomic E-state index is 14.7. The Morgan fingerprint density at radius 2 is 1.39 bits per heavy atom. The number of rotatable bonds is 9. The van der Waals surface area contributed by atoms with Crippen molar-refractivity contribution in [2.45, 2.75) is 109 Å². The molecule has 0 saturated heterocycles. The van der Waals surface area contributed by atoms with Gasteiger partial charge in [-0.3, -0.25) is 0 Å². The second kappa shape index (κ2) is 11.0. The molecule has 2 saturated carbocycles. The number of halogens is 4. The lowest BCUT2D eigenvalue weighted by Gasteiger charge is -2.29. The summed E-state index contributed by atoms with van der Waals surface area (Å²) in [5.41, 5.74) is 0.298. The zero-order chi connectivity index (χ0) is 22.4. The number of hydrogen-bond acceptors (Lipinski definition) is 1. The van der Waals surface area contributed by atoms with E-state index in [-0.39, 0.29) is 11.8 Å². The van der Waals surface area contributed by atoms with Gasteiger partial charge in [-0.05, 0) is 67.4 Å². The molecule has 5 heteroatoms. The largest absolute Gasteiger partial charge is 0.429 e. The molecule has 2 aliphatic carbocycles. The SMILES string of the molecule is CCCC1CCC(CCC(F)(F)Oc2ccc(C3CCC(CC)CC3)c(F)c2F)CC1. The van der Waals surface area contributed by atoms with E-state index in [1.54, 1.807) is 0 Å². The minimum absolute atomic E-state index is 0.0466. The van der Waals surface area contributed by atoms with E-state index >= 15 is 0 Å². The molecule has 0 heterocycles. The highest BCUT2D eigenvalue weighted by atomic mass is 19.3. The van der Waals surface area contributed by atoms with Crippen LogP contribution in [-0.4, -0.2) is 6.11 Å². The quantitative estimate of drug-likeness (QED) is 0.347. The van der Waals surface area contributed by atoms with Crippen molar-refractivity contribution in [1.29, 1.82) is 0 Å². The lowest BCUT2D eigenvalue weighted by molar-refractivity contribution is -0.185. The van der Waals surface area contributed by atoms with Crippen LogP contribution < -0.4 is 4.74 Å². The molecule has 1 nitrogen and oxygen atoms in total. The first-order valence-corrected chi connectivity index (χ1v) is 12.4. The van der Waals surface area contributed by atoms with Crippen LogP contribution in [0.1, 0.15) is 109 Å². The summed E-state index contributed by atoms with van der Waals surface area (Å²) in [5, 5.41) is 0. The lowest BCUT2D eigenvalue weighted by atomic mass is 9.77. The average Bonchev–Trinajstić information content (AvgIpc) is 2.77. The summed E-state index contributed by atoms with van der Waals surface area (Å²) in [7, 11) is 0.